The molecule has 0 radical (unpaired) electrons. The molecule has 0 bridgehead atoms. The minimum absolute atomic E-state index is 0.158. The van der Waals surface area contributed by atoms with Gasteiger partial charge in [0.25, 0.3) is 0 Å². The van der Waals surface area contributed by atoms with Crippen molar-refractivity contribution in [2.75, 3.05) is 13.1 Å². The third-order valence-corrected chi connectivity index (χ3v) is 5.23. The number of piperidine rings is 1. The van der Waals surface area contributed by atoms with Crippen molar-refractivity contribution in [3.8, 4) is 0 Å². The van der Waals surface area contributed by atoms with Crippen LogP contribution < -0.4 is 0 Å². The molecule has 2 heterocycles. The summed E-state index contributed by atoms with van der Waals surface area (Å²) in [5.41, 5.74) is 0.743. The fourth-order valence-corrected chi connectivity index (χ4v) is 3.26. The van der Waals surface area contributed by atoms with Crippen LogP contribution in [0.15, 0.2) is 24.3 Å². The summed E-state index contributed by atoms with van der Waals surface area (Å²) < 4.78 is 15.3. The summed E-state index contributed by atoms with van der Waals surface area (Å²) >= 11 is 0. The van der Waals surface area contributed by atoms with Crippen LogP contribution in [0.1, 0.15) is 57.5 Å². The molecule has 3 rings (SSSR count). The Bertz CT molecular complexity index is 692. The molecule has 1 atom stereocenters. The van der Waals surface area contributed by atoms with Crippen molar-refractivity contribution in [3.05, 3.63) is 41.5 Å². The molecule has 1 fully saturated rings. The van der Waals surface area contributed by atoms with E-state index in [2.05, 4.69) is 41.2 Å². The van der Waals surface area contributed by atoms with E-state index in [9.17, 15) is 9.50 Å². The number of hydrogen-bond acceptors (Lipinski definition) is 5. The van der Waals surface area contributed by atoms with Crippen LogP contribution >= 0.6 is 0 Å². The number of benzene rings is 1. The highest BCUT2D eigenvalue weighted by atomic mass is 19.1. The topological polar surface area (TPSA) is 67.1 Å². The number of nitrogens with zero attached hydrogens (tertiary/aromatic N) is 5. The number of aliphatic hydroxyl groups is 1. The van der Waals surface area contributed by atoms with Gasteiger partial charge in [-0.1, -0.05) is 19.1 Å². The minimum atomic E-state index is -0.259. The number of aromatic nitrogens is 4. The number of hydrogen-bond donors (Lipinski definition) is 1. The molecule has 1 N–H and O–H groups in total. The van der Waals surface area contributed by atoms with Gasteiger partial charge < -0.3 is 5.11 Å². The Kier molecular flexibility index (Phi) is 5.15. The summed E-state index contributed by atoms with van der Waals surface area (Å²) in [5, 5.41) is 22.3. The van der Waals surface area contributed by atoms with Gasteiger partial charge in [0.15, 0.2) is 5.82 Å². The van der Waals surface area contributed by atoms with Gasteiger partial charge >= 0.3 is 0 Å². The van der Waals surface area contributed by atoms with Crippen LogP contribution in [0.3, 0.4) is 0 Å². The molecule has 2 aromatic rings. The molecule has 1 aromatic carbocycles. The average Bonchev–Trinajstić information content (AvgIpc) is 3.09. The van der Waals surface area contributed by atoms with Crippen LogP contribution in [-0.2, 0) is 5.54 Å². The molecule has 6 nitrogen and oxygen atoms in total. The van der Waals surface area contributed by atoms with E-state index in [0.717, 1.165) is 43.7 Å². The molecule has 0 aliphatic carbocycles. The molecular formula is C18H26FN5O. The second-order valence-electron chi connectivity index (χ2n) is 7.34. The average molecular weight is 347 g/mol. The summed E-state index contributed by atoms with van der Waals surface area (Å²) in [4.78, 5) is 2.27. The number of likely N-dealkylation sites (tertiary alicyclic amines) is 1. The molecule has 0 unspecified atom stereocenters. The lowest BCUT2D eigenvalue weighted by Gasteiger charge is -2.37. The van der Waals surface area contributed by atoms with Crippen molar-refractivity contribution in [1.82, 2.24) is 25.1 Å². The first-order valence-corrected chi connectivity index (χ1v) is 8.88. The molecule has 1 aromatic heterocycles. The van der Waals surface area contributed by atoms with Crippen LogP contribution in [0.2, 0.25) is 0 Å². The number of rotatable bonds is 5. The van der Waals surface area contributed by atoms with Gasteiger partial charge in [-0.15, -0.1) is 5.10 Å². The Morgan fingerprint density at radius 1 is 1.24 bits per heavy atom. The monoisotopic (exact) mass is 347 g/mol. The fraction of sp³-hybridized carbons (Fsp3) is 0.611. The van der Waals surface area contributed by atoms with Crippen LogP contribution in [0.5, 0.6) is 0 Å². The molecule has 1 aliphatic rings. The lowest BCUT2D eigenvalue weighted by atomic mass is 9.97. The van der Waals surface area contributed by atoms with Gasteiger partial charge in [-0.3, -0.25) is 4.90 Å². The van der Waals surface area contributed by atoms with E-state index >= 15 is 0 Å². The van der Waals surface area contributed by atoms with E-state index in [1.54, 1.807) is 12.1 Å². The molecule has 1 saturated heterocycles. The van der Waals surface area contributed by atoms with E-state index in [0.29, 0.717) is 0 Å². The SMILES string of the molecule is CCC(C)(C)n1nnnc1[C@H](c1ccc(F)cc1)N1CCC(O)CC1. The second kappa shape index (κ2) is 7.17. The summed E-state index contributed by atoms with van der Waals surface area (Å²) in [5.74, 6) is 0.500. The van der Waals surface area contributed by atoms with E-state index in [4.69, 9.17) is 0 Å². The van der Waals surface area contributed by atoms with Gasteiger partial charge in [-0.25, -0.2) is 9.07 Å². The number of halogens is 1. The minimum Gasteiger partial charge on any atom is -0.393 e. The zero-order valence-corrected chi connectivity index (χ0v) is 15.1. The molecule has 136 valence electrons. The first kappa shape index (κ1) is 17.9. The number of tetrazole rings is 1. The number of aliphatic hydroxyl groups excluding tert-OH is 1. The Morgan fingerprint density at radius 3 is 2.48 bits per heavy atom. The van der Waals surface area contributed by atoms with Crippen molar-refractivity contribution in [1.29, 1.82) is 0 Å². The maximum absolute atomic E-state index is 13.4. The molecular weight excluding hydrogens is 321 g/mol. The zero-order valence-electron chi connectivity index (χ0n) is 15.1. The van der Waals surface area contributed by atoms with Gasteiger partial charge in [-0.2, -0.15) is 0 Å². The predicted octanol–water partition coefficient (Wildman–Crippen LogP) is 2.50. The van der Waals surface area contributed by atoms with Crippen LogP contribution in [0, 0.1) is 5.82 Å². The Labute approximate surface area is 147 Å². The highest BCUT2D eigenvalue weighted by Gasteiger charge is 2.34. The molecule has 0 amide bonds. The van der Waals surface area contributed by atoms with Crippen molar-refractivity contribution in [3.63, 3.8) is 0 Å². The Hall–Kier alpha value is -1.86. The van der Waals surface area contributed by atoms with Gasteiger partial charge in [0.1, 0.15) is 5.82 Å². The summed E-state index contributed by atoms with van der Waals surface area (Å²) in [6.07, 6.45) is 2.07. The van der Waals surface area contributed by atoms with E-state index < -0.39 is 0 Å². The largest absolute Gasteiger partial charge is 0.393 e. The first-order chi connectivity index (χ1) is 11.9. The van der Waals surface area contributed by atoms with Crippen molar-refractivity contribution in [2.45, 2.75) is 57.7 Å². The quantitative estimate of drug-likeness (QED) is 0.900. The van der Waals surface area contributed by atoms with Crippen molar-refractivity contribution < 1.29 is 9.50 Å². The van der Waals surface area contributed by atoms with Crippen LogP contribution in [0.25, 0.3) is 0 Å². The molecule has 25 heavy (non-hydrogen) atoms. The van der Waals surface area contributed by atoms with E-state index in [1.807, 2.05) is 4.68 Å². The van der Waals surface area contributed by atoms with Crippen molar-refractivity contribution >= 4 is 0 Å². The molecule has 0 saturated carbocycles. The Morgan fingerprint density at radius 2 is 1.88 bits per heavy atom. The summed E-state index contributed by atoms with van der Waals surface area (Å²) in [6.45, 7) is 7.82. The fourth-order valence-electron chi connectivity index (χ4n) is 3.26. The predicted molar refractivity (Wildman–Crippen MR) is 92.5 cm³/mol. The maximum Gasteiger partial charge on any atom is 0.173 e. The van der Waals surface area contributed by atoms with Gasteiger partial charge in [0.05, 0.1) is 17.7 Å². The second-order valence-corrected chi connectivity index (χ2v) is 7.34. The van der Waals surface area contributed by atoms with E-state index in [1.165, 1.54) is 12.1 Å². The first-order valence-electron chi connectivity index (χ1n) is 8.88. The third-order valence-electron chi connectivity index (χ3n) is 5.23. The highest BCUT2D eigenvalue weighted by Crippen LogP contribution is 2.32. The van der Waals surface area contributed by atoms with Gasteiger partial charge in [0.2, 0.25) is 0 Å². The summed E-state index contributed by atoms with van der Waals surface area (Å²) in [6, 6.07) is 6.38. The smallest absolute Gasteiger partial charge is 0.173 e. The van der Waals surface area contributed by atoms with Gasteiger partial charge in [-0.05, 0) is 61.2 Å². The van der Waals surface area contributed by atoms with Crippen molar-refractivity contribution in [2.24, 2.45) is 0 Å². The van der Waals surface area contributed by atoms with Crippen LogP contribution in [-0.4, -0.2) is 49.4 Å². The maximum atomic E-state index is 13.4. The van der Waals surface area contributed by atoms with Crippen LogP contribution in [0.4, 0.5) is 4.39 Å². The normalized spacial score (nSPS) is 18.4. The Balaban J connectivity index is 2.03. The molecule has 0 spiro atoms. The zero-order chi connectivity index (χ0) is 18.0. The summed E-state index contributed by atoms with van der Waals surface area (Å²) in [7, 11) is 0. The molecule has 1 aliphatic heterocycles. The third kappa shape index (κ3) is 3.72. The lowest BCUT2D eigenvalue weighted by molar-refractivity contribution is 0.0646. The lowest BCUT2D eigenvalue weighted by Crippen LogP contribution is -2.41. The standard InChI is InChI=1S/C18H26FN5O/c1-4-18(2,3)24-17(20-21-22-24)16(13-5-7-14(19)8-6-13)23-11-9-15(25)10-12-23/h5-8,15-16,25H,4,9-12H2,1-3H3/t16-/m0/s1. The van der Waals surface area contributed by atoms with Gasteiger partial charge in [0, 0.05) is 13.1 Å². The molecule has 7 heteroatoms. The van der Waals surface area contributed by atoms with E-state index in [-0.39, 0.29) is 23.5 Å². The highest BCUT2D eigenvalue weighted by molar-refractivity contribution is 5.26.